The van der Waals surface area contributed by atoms with Crippen LogP contribution >= 0.6 is 11.3 Å². The number of thiophene rings is 1. The van der Waals surface area contributed by atoms with Crippen molar-refractivity contribution >= 4 is 34.5 Å². The molecule has 1 aromatic heterocycles. The third-order valence-electron chi connectivity index (χ3n) is 5.29. The van der Waals surface area contributed by atoms with Crippen LogP contribution in [0.4, 0.5) is 11.4 Å². The monoisotopic (exact) mass is 406 g/mol. The van der Waals surface area contributed by atoms with Gasteiger partial charge in [0.05, 0.1) is 18.5 Å². The van der Waals surface area contributed by atoms with Crippen molar-refractivity contribution in [2.45, 2.75) is 12.1 Å². The Labute approximate surface area is 171 Å². The van der Waals surface area contributed by atoms with Crippen molar-refractivity contribution in [1.29, 1.82) is 0 Å². The second kappa shape index (κ2) is 7.02. The number of hydrogen-bond acceptors (Lipinski definition) is 6. The molecule has 0 aliphatic carbocycles. The Morgan fingerprint density at radius 2 is 1.66 bits per heavy atom. The molecule has 0 N–H and O–H groups in total. The van der Waals surface area contributed by atoms with E-state index < -0.39 is 12.0 Å². The average Bonchev–Trinajstić information content (AvgIpc) is 3.47. The Morgan fingerprint density at radius 3 is 2.31 bits per heavy atom. The van der Waals surface area contributed by atoms with Crippen LogP contribution in [0.3, 0.4) is 0 Å². The predicted molar refractivity (Wildman–Crippen MR) is 110 cm³/mol. The van der Waals surface area contributed by atoms with Crippen molar-refractivity contribution in [2.24, 2.45) is 5.92 Å². The molecule has 3 atom stereocenters. The minimum absolute atomic E-state index is 0.248. The highest BCUT2D eigenvalue weighted by Gasteiger charge is 2.60. The van der Waals surface area contributed by atoms with E-state index in [4.69, 9.17) is 9.57 Å². The summed E-state index contributed by atoms with van der Waals surface area (Å²) >= 11 is 1.55. The molecule has 2 saturated heterocycles. The molecule has 2 amide bonds. The lowest BCUT2D eigenvalue weighted by atomic mass is 9.95. The van der Waals surface area contributed by atoms with Crippen molar-refractivity contribution in [2.75, 3.05) is 17.1 Å². The maximum absolute atomic E-state index is 13.4. The Kier molecular flexibility index (Phi) is 4.34. The van der Waals surface area contributed by atoms with E-state index in [1.54, 1.807) is 47.8 Å². The molecule has 0 radical (unpaired) electrons. The normalized spacial score (nSPS) is 23.6. The van der Waals surface area contributed by atoms with E-state index in [0.717, 1.165) is 10.6 Å². The first-order chi connectivity index (χ1) is 14.2. The van der Waals surface area contributed by atoms with Crippen molar-refractivity contribution in [3.05, 3.63) is 77.0 Å². The van der Waals surface area contributed by atoms with Gasteiger partial charge in [-0.05, 0) is 47.8 Å². The number of methoxy groups -OCH3 is 1. The number of nitrogens with zero attached hydrogens (tertiary/aromatic N) is 2. The SMILES string of the molecule is COc1ccc(N2C(=O)[C@@H]3[C@H](ON(c4ccccc4)[C@H]3c3cccs3)C2=O)cc1. The molecule has 6 nitrogen and oxygen atoms in total. The fourth-order valence-corrected chi connectivity index (χ4v) is 4.80. The van der Waals surface area contributed by atoms with Crippen LogP contribution in [0.25, 0.3) is 0 Å². The second-order valence-corrected chi connectivity index (χ2v) is 7.86. The highest BCUT2D eigenvalue weighted by molar-refractivity contribution is 7.10. The van der Waals surface area contributed by atoms with Gasteiger partial charge in [-0.15, -0.1) is 11.3 Å². The summed E-state index contributed by atoms with van der Waals surface area (Å²) in [6.45, 7) is 0. The summed E-state index contributed by atoms with van der Waals surface area (Å²) in [6, 6.07) is 20.0. The van der Waals surface area contributed by atoms with Gasteiger partial charge in [-0.25, -0.2) is 9.96 Å². The van der Waals surface area contributed by atoms with Gasteiger partial charge in [-0.1, -0.05) is 24.3 Å². The summed E-state index contributed by atoms with van der Waals surface area (Å²) < 4.78 is 5.17. The average molecular weight is 406 g/mol. The van der Waals surface area contributed by atoms with Crippen LogP contribution in [0, 0.1) is 5.92 Å². The number of para-hydroxylation sites is 1. The topological polar surface area (TPSA) is 59.1 Å². The number of carbonyl (C=O) groups is 2. The standard InChI is InChI=1S/C22H18N2O4S/c1-27-16-11-9-14(10-12-16)23-21(25)18-19(17-8-5-13-29-17)24(28-20(18)22(23)26)15-6-3-2-4-7-15/h2-13,18-20H,1H3/t18-,19-,20-/m0/s1. The van der Waals surface area contributed by atoms with Gasteiger partial charge in [-0.3, -0.25) is 14.4 Å². The van der Waals surface area contributed by atoms with E-state index in [-0.39, 0.29) is 17.9 Å². The number of hydrogen-bond donors (Lipinski definition) is 0. The van der Waals surface area contributed by atoms with E-state index in [0.29, 0.717) is 11.4 Å². The van der Waals surface area contributed by atoms with Crippen molar-refractivity contribution in [1.82, 2.24) is 0 Å². The van der Waals surface area contributed by atoms with E-state index >= 15 is 0 Å². The van der Waals surface area contributed by atoms with Gasteiger partial charge < -0.3 is 4.74 Å². The number of anilines is 2. The number of ether oxygens (including phenoxy) is 1. The van der Waals surface area contributed by atoms with Gasteiger partial charge in [0.25, 0.3) is 5.91 Å². The number of benzene rings is 2. The zero-order chi connectivity index (χ0) is 20.0. The third-order valence-corrected chi connectivity index (χ3v) is 6.23. The summed E-state index contributed by atoms with van der Waals surface area (Å²) in [7, 11) is 1.57. The summed E-state index contributed by atoms with van der Waals surface area (Å²) in [5, 5.41) is 3.68. The molecule has 5 rings (SSSR count). The molecule has 2 fully saturated rings. The van der Waals surface area contributed by atoms with Crippen LogP contribution in [0.5, 0.6) is 5.75 Å². The number of carbonyl (C=O) groups excluding carboxylic acids is 2. The third kappa shape index (κ3) is 2.82. The Morgan fingerprint density at radius 1 is 0.897 bits per heavy atom. The zero-order valence-corrected chi connectivity index (χ0v) is 16.4. The molecule has 0 unspecified atom stereocenters. The summed E-state index contributed by atoms with van der Waals surface area (Å²) in [4.78, 5) is 34.9. The maximum atomic E-state index is 13.4. The van der Waals surface area contributed by atoms with Crippen LogP contribution in [-0.4, -0.2) is 25.0 Å². The lowest BCUT2D eigenvalue weighted by Gasteiger charge is -2.27. The van der Waals surface area contributed by atoms with Gasteiger partial charge in [0.1, 0.15) is 17.7 Å². The van der Waals surface area contributed by atoms with Gasteiger partial charge in [-0.2, -0.15) is 0 Å². The quantitative estimate of drug-likeness (QED) is 0.617. The molecule has 0 spiro atoms. The number of amides is 2. The molecule has 0 saturated carbocycles. The Bertz CT molecular complexity index is 1040. The number of rotatable bonds is 4. The smallest absolute Gasteiger partial charge is 0.266 e. The van der Waals surface area contributed by atoms with E-state index in [1.807, 2.05) is 47.8 Å². The molecular weight excluding hydrogens is 388 g/mol. The van der Waals surface area contributed by atoms with Crippen molar-refractivity contribution in [3.8, 4) is 5.75 Å². The second-order valence-electron chi connectivity index (χ2n) is 6.88. The Balaban J connectivity index is 1.54. The van der Waals surface area contributed by atoms with Crippen LogP contribution < -0.4 is 14.7 Å². The Hall–Kier alpha value is -3.16. The fourth-order valence-electron chi connectivity index (χ4n) is 3.95. The van der Waals surface area contributed by atoms with E-state index in [1.165, 1.54) is 4.90 Å². The molecule has 2 aliphatic heterocycles. The summed E-state index contributed by atoms with van der Waals surface area (Å²) in [5.74, 6) is -0.536. The van der Waals surface area contributed by atoms with Gasteiger partial charge >= 0.3 is 0 Å². The molecule has 7 heteroatoms. The highest BCUT2D eigenvalue weighted by atomic mass is 32.1. The minimum Gasteiger partial charge on any atom is -0.497 e. The number of imide groups is 1. The zero-order valence-electron chi connectivity index (χ0n) is 15.6. The fraction of sp³-hybridized carbons (Fsp3) is 0.182. The molecule has 2 aliphatic rings. The molecule has 3 heterocycles. The molecular formula is C22H18N2O4S. The minimum atomic E-state index is -0.850. The lowest BCUT2D eigenvalue weighted by Crippen LogP contribution is -2.37. The van der Waals surface area contributed by atoms with Gasteiger partial charge in [0, 0.05) is 4.88 Å². The van der Waals surface area contributed by atoms with E-state index in [2.05, 4.69) is 0 Å². The summed E-state index contributed by atoms with van der Waals surface area (Å²) in [5.41, 5.74) is 1.34. The van der Waals surface area contributed by atoms with Gasteiger partial charge in [0.2, 0.25) is 5.91 Å². The summed E-state index contributed by atoms with van der Waals surface area (Å²) in [6.07, 6.45) is -0.850. The largest absolute Gasteiger partial charge is 0.497 e. The van der Waals surface area contributed by atoms with Crippen molar-refractivity contribution in [3.63, 3.8) is 0 Å². The molecule has 2 aromatic carbocycles. The number of fused-ring (bicyclic) bond motifs is 1. The van der Waals surface area contributed by atoms with Crippen LogP contribution in [-0.2, 0) is 14.4 Å². The first-order valence-corrected chi connectivity index (χ1v) is 10.1. The van der Waals surface area contributed by atoms with Crippen LogP contribution in [0.1, 0.15) is 10.9 Å². The first-order valence-electron chi connectivity index (χ1n) is 9.25. The van der Waals surface area contributed by atoms with E-state index in [9.17, 15) is 9.59 Å². The number of hydroxylamine groups is 1. The lowest BCUT2D eigenvalue weighted by molar-refractivity contribution is -0.126. The molecule has 3 aromatic rings. The molecule has 0 bridgehead atoms. The first kappa shape index (κ1) is 17.9. The maximum Gasteiger partial charge on any atom is 0.266 e. The van der Waals surface area contributed by atoms with Crippen LogP contribution in [0.15, 0.2) is 72.1 Å². The highest BCUT2D eigenvalue weighted by Crippen LogP contribution is 2.48. The molecule has 29 heavy (non-hydrogen) atoms. The van der Waals surface area contributed by atoms with Gasteiger partial charge in [0.15, 0.2) is 6.10 Å². The van der Waals surface area contributed by atoms with Crippen molar-refractivity contribution < 1.29 is 19.2 Å². The van der Waals surface area contributed by atoms with Crippen LogP contribution in [0.2, 0.25) is 0 Å². The molecule has 146 valence electrons. The predicted octanol–water partition coefficient (Wildman–Crippen LogP) is 3.81.